The van der Waals surface area contributed by atoms with Crippen LogP contribution in [0.25, 0.3) is 11.0 Å². The van der Waals surface area contributed by atoms with Crippen molar-refractivity contribution in [3.8, 4) is 0 Å². The lowest BCUT2D eigenvalue weighted by Crippen LogP contribution is -2.02. The number of nitrogens with two attached hydrogens (primary N) is 2. The number of aryl methyl sites for hydroxylation is 1. The topological polar surface area (TPSA) is 108 Å². The first-order valence-corrected chi connectivity index (χ1v) is 8.60. The minimum absolute atomic E-state index is 0.304. The van der Waals surface area contributed by atoms with Gasteiger partial charge in [0, 0.05) is 28.3 Å². The largest absolute Gasteiger partial charge is 0.423 e. The van der Waals surface area contributed by atoms with Gasteiger partial charge in [-0.05, 0) is 29.7 Å². The molecule has 0 aliphatic heterocycles. The molecule has 2 aromatic heterocycles. The summed E-state index contributed by atoms with van der Waals surface area (Å²) in [6.45, 7) is 1.99. The quantitative estimate of drug-likeness (QED) is 0.416. The van der Waals surface area contributed by atoms with Crippen LogP contribution in [0.2, 0.25) is 5.02 Å². The highest BCUT2D eigenvalue weighted by atomic mass is 35.5. The first kappa shape index (κ1) is 16.6. The Labute approximate surface area is 147 Å². The summed E-state index contributed by atoms with van der Waals surface area (Å²) in [6.07, 6.45) is 0.758. The number of aromatic nitrogens is 2. The Kier molecular flexibility index (Phi) is 4.64. The predicted molar refractivity (Wildman–Crippen MR) is 97.3 cm³/mol. The van der Waals surface area contributed by atoms with Gasteiger partial charge in [-0.3, -0.25) is 0 Å². The molecule has 0 bridgehead atoms. The van der Waals surface area contributed by atoms with Crippen LogP contribution in [-0.4, -0.2) is 9.97 Å². The number of rotatable bonds is 4. The Morgan fingerprint density at radius 1 is 1.12 bits per heavy atom. The van der Waals surface area contributed by atoms with Crippen LogP contribution in [0, 0.1) is 0 Å². The third kappa shape index (κ3) is 3.47. The van der Waals surface area contributed by atoms with Gasteiger partial charge in [-0.2, -0.15) is 0 Å². The van der Waals surface area contributed by atoms with Crippen molar-refractivity contribution in [1.82, 2.24) is 9.97 Å². The first-order chi connectivity index (χ1) is 11.5. The fourth-order valence-corrected chi connectivity index (χ4v) is 3.51. The Morgan fingerprint density at radius 2 is 1.83 bits per heavy atom. The summed E-state index contributed by atoms with van der Waals surface area (Å²) in [5.74, 6) is 1.07. The number of nitrogen functional groups attached to an aromatic ring is 2. The molecular weight excluding hydrogens is 348 g/mol. The number of hydrogen-bond acceptors (Lipinski definition) is 7. The normalized spacial score (nSPS) is 11.1. The minimum atomic E-state index is -0.407. The van der Waals surface area contributed by atoms with E-state index < -0.39 is 5.63 Å². The van der Waals surface area contributed by atoms with E-state index in [0.29, 0.717) is 33.2 Å². The summed E-state index contributed by atoms with van der Waals surface area (Å²) < 4.78 is 5.30. The monoisotopic (exact) mass is 362 g/mol. The SMILES string of the molecule is CCc1cc2oc(=O)cc(CSc3nc(N)cc(N)n3)c2cc1Cl. The molecule has 0 saturated heterocycles. The van der Waals surface area contributed by atoms with Gasteiger partial charge in [-0.15, -0.1) is 0 Å². The van der Waals surface area contributed by atoms with Crippen LogP contribution in [-0.2, 0) is 12.2 Å². The van der Waals surface area contributed by atoms with Gasteiger partial charge in [-0.25, -0.2) is 14.8 Å². The Morgan fingerprint density at radius 3 is 2.50 bits per heavy atom. The average molecular weight is 363 g/mol. The van der Waals surface area contributed by atoms with Gasteiger partial charge in [0.15, 0.2) is 5.16 Å². The summed E-state index contributed by atoms with van der Waals surface area (Å²) in [6, 6.07) is 6.57. The highest BCUT2D eigenvalue weighted by molar-refractivity contribution is 7.98. The van der Waals surface area contributed by atoms with E-state index in [-0.39, 0.29) is 0 Å². The average Bonchev–Trinajstić information content (AvgIpc) is 2.51. The molecule has 0 aliphatic rings. The first-order valence-electron chi connectivity index (χ1n) is 7.24. The Hall–Kier alpha value is -2.25. The standard InChI is InChI=1S/C16H15ClN4O2S/c1-2-8-3-12-10(5-11(8)17)9(4-15(22)23-12)7-24-16-20-13(18)6-14(19)21-16/h3-6H,2,7H2,1H3,(H4,18,19,20,21). The van der Waals surface area contributed by atoms with Crippen molar-refractivity contribution in [2.24, 2.45) is 0 Å². The molecule has 3 rings (SSSR count). The van der Waals surface area contributed by atoms with Gasteiger partial charge in [0.25, 0.3) is 0 Å². The molecule has 0 saturated carbocycles. The number of thioether (sulfide) groups is 1. The lowest BCUT2D eigenvalue weighted by atomic mass is 10.1. The molecule has 0 unspecified atom stereocenters. The summed E-state index contributed by atoms with van der Waals surface area (Å²) in [4.78, 5) is 20.1. The number of benzene rings is 1. The van der Waals surface area contributed by atoms with Gasteiger partial charge in [0.05, 0.1) is 0 Å². The lowest BCUT2D eigenvalue weighted by molar-refractivity contribution is 0.559. The van der Waals surface area contributed by atoms with Crippen LogP contribution in [0.4, 0.5) is 11.6 Å². The molecule has 0 spiro atoms. The summed E-state index contributed by atoms with van der Waals surface area (Å²) in [5.41, 5.74) is 13.2. The maximum atomic E-state index is 11.8. The zero-order chi connectivity index (χ0) is 17.3. The van der Waals surface area contributed by atoms with Crippen LogP contribution >= 0.6 is 23.4 Å². The van der Waals surface area contributed by atoms with Crippen molar-refractivity contribution >= 4 is 46.0 Å². The molecule has 8 heteroatoms. The molecule has 3 aromatic rings. The van der Waals surface area contributed by atoms with Crippen molar-refractivity contribution in [2.45, 2.75) is 24.3 Å². The van der Waals surface area contributed by atoms with E-state index in [9.17, 15) is 4.79 Å². The summed E-state index contributed by atoms with van der Waals surface area (Å²) in [5, 5.41) is 1.89. The molecule has 124 valence electrons. The molecule has 0 fully saturated rings. The van der Waals surface area contributed by atoms with E-state index in [2.05, 4.69) is 9.97 Å². The number of fused-ring (bicyclic) bond motifs is 1. The second kappa shape index (κ2) is 6.70. The lowest BCUT2D eigenvalue weighted by Gasteiger charge is -2.08. The molecule has 24 heavy (non-hydrogen) atoms. The molecule has 1 aromatic carbocycles. The van der Waals surface area contributed by atoms with Crippen LogP contribution < -0.4 is 17.1 Å². The molecule has 6 nitrogen and oxygen atoms in total. The van der Waals surface area contributed by atoms with Crippen LogP contribution in [0.3, 0.4) is 0 Å². The minimum Gasteiger partial charge on any atom is -0.423 e. The van der Waals surface area contributed by atoms with E-state index in [0.717, 1.165) is 22.9 Å². The summed E-state index contributed by atoms with van der Waals surface area (Å²) in [7, 11) is 0. The third-order valence-electron chi connectivity index (χ3n) is 3.48. The molecule has 0 aliphatic carbocycles. The molecule has 0 radical (unpaired) electrons. The number of halogens is 1. The molecular formula is C16H15ClN4O2S. The summed E-state index contributed by atoms with van der Waals surface area (Å²) >= 11 is 7.62. The Bertz CT molecular complexity index is 954. The van der Waals surface area contributed by atoms with E-state index in [1.807, 2.05) is 19.1 Å². The van der Waals surface area contributed by atoms with Gasteiger partial charge >= 0.3 is 5.63 Å². The third-order valence-corrected chi connectivity index (χ3v) is 4.73. The smallest absolute Gasteiger partial charge is 0.336 e. The second-order valence-corrected chi connectivity index (χ2v) is 6.52. The highest BCUT2D eigenvalue weighted by Gasteiger charge is 2.11. The maximum absolute atomic E-state index is 11.8. The van der Waals surface area contributed by atoms with Gasteiger partial charge in [-0.1, -0.05) is 30.3 Å². The predicted octanol–water partition coefficient (Wildman–Crippen LogP) is 3.26. The molecule has 0 atom stereocenters. The highest BCUT2D eigenvalue weighted by Crippen LogP contribution is 2.29. The van der Waals surface area contributed by atoms with Crippen molar-refractivity contribution in [1.29, 1.82) is 0 Å². The van der Waals surface area contributed by atoms with Gasteiger partial charge in [0.2, 0.25) is 0 Å². The van der Waals surface area contributed by atoms with Gasteiger partial charge in [0.1, 0.15) is 17.2 Å². The Balaban J connectivity index is 1.99. The van der Waals surface area contributed by atoms with Crippen molar-refractivity contribution < 1.29 is 4.42 Å². The number of nitrogens with zero attached hydrogens (tertiary/aromatic N) is 2. The van der Waals surface area contributed by atoms with E-state index in [1.165, 1.54) is 23.9 Å². The van der Waals surface area contributed by atoms with Crippen LogP contribution in [0.1, 0.15) is 18.1 Å². The fourth-order valence-electron chi connectivity index (χ4n) is 2.35. The maximum Gasteiger partial charge on any atom is 0.336 e. The second-order valence-electron chi connectivity index (χ2n) is 5.17. The molecule has 2 heterocycles. The van der Waals surface area contributed by atoms with E-state index in [4.69, 9.17) is 27.5 Å². The van der Waals surface area contributed by atoms with Crippen molar-refractivity contribution in [3.05, 3.63) is 50.8 Å². The molecule has 4 N–H and O–H groups in total. The number of anilines is 2. The number of hydrogen-bond donors (Lipinski definition) is 2. The van der Waals surface area contributed by atoms with Crippen molar-refractivity contribution in [2.75, 3.05) is 11.5 Å². The van der Waals surface area contributed by atoms with E-state index >= 15 is 0 Å². The zero-order valence-corrected chi connectivity index (χ0v) is 14.4. The van der Waals surface area contributed by atoms with Crippen molar-refractivity contribution in [3.63, 3.8) is 0 Å². The van der Waals surface area contributed by atoms with E-state index in [1.54, 1.807) is 0 Å². The zero-order valence-electron chi connectivity index (χ0n) is 12.9. The molecule has 0 amide bonds. The van der Waals surface area contributed by atoms with Crippen LogP contribution in [0.15, 0.2) is 38.6 Å². The fraction of sp³-hybridized carbons (Fsp3) is 0.188. The van der Waals surface area contributed by atoms with Crippen LogP contribution in [0.5, 0.6) is 0 Å². The van der Waals surface area contributed by atoms with Gasteiger partial charge < -0.3 is 15.9 Å².